The fourth-order valence-corrected chi connectivity index (χ4v) is 2.53. The first-order chi connectivity index (χ1) is 13.1. The minimum absolute atomic E-state index is 0.0468. The summed E-state index contributed by atoms with van der Waals surface area (Å²) < 4.78 is 5.24. The maximum absolute atomic E-state index is 11.6. The van der Waals surface area contributed by atoms with E-state index in [9.17, 15) is 4.79 Å². The van der Waals surface area contributed by atoms with Crippen LogP contribution in [0, 0.1) is 0 Å². The summed E-state index contributed by atoms with van der Waals surface area (Å²) >= 11 is 0. The number of aliphatic imine (C=N–C) groups is 1. The molecule has 0 aliphatic carbocycles. The van der Waals surface area contributed by atoms with Gasteiger partial charge in [-0.2, -0.15) is 0 Å². The zero-order valence-corrected chi connectivity index (χ0v) is 16.2. The lowest BCUT2D eigenvalue weighted by molar-refractivity contribution is -0.116. The van der Waals surface area contributed by atoms with Gasteiger partial charge in [-0.3, -0.25) is 9.79 Å². The fourth-order valence-electron chi connectivity index (χ4n) is 2.53. The van der Waals surface area contributed by atoms with E-state index >= 15 is 0 Å². The van der Waals surface area contributed by atoms with Crippen LogP contribution < -0.4 is 20.7 Å². The minimum atomic E-state index is 0.0468. The van der Waals surface area contributed by atoms with Crippen LogP contribution in [0.2, 0.25) is 0 Å². The molecule has 0 bridgehead atoms. The second-order valence-electron chi connectivity index (χ2n) is 6.13. The number of hydrogen-bond acceptors (Lipinski definition) is 3. The number of guanidine groups is 1. The van der Waals surface area contributed by atoms with Crippen molar-refractivity contribution >= 4 is 17.6 Å². The van der Waals surface area contributed by atoms with E-state index in [-0.39, 0.29) is 5.91 Å². The van der Waals surface area contributed by atoms with Gasteiger partial charge >= 0.3 is 0 Å². The molecule has 2 rings (SSSR count). The van der Waals surface area contributed by atoms with E-state index in [1.165, 1.54) is 0 Å². The lowest BCUT2D eigenvalue weighted by Crippen LogP contribution is -2.36. The van der Waals surface area contributed by atoms with Gasteiger partial charge < -0.3 is 20.7 Å². The fraction of sp³-hybridized carbons (Fsp3) is 0.333. The number of amides is 1. The van der Waals surface area contributed by atoms with Gasteiger partial charge in [0, 0.05) is 32.2 Å². The third-order valence-corrected chi connectivity index (χ3v) is 3.99. The number of carbonyl (C=O) groups is 1. The third kappa shape index (κ3) is 7.01. The van der Waals surface area contributed by atoms with Gasteiger partial charge in [0.2, 0.25) is 5.91 Å². The van der Waals surface area contributed by atoms with Crippen LogP contribution in [-0.4, -0.2) is 26.0 Å². The lowest BCUT2D eigenvalue weighted by Gasteiger charge is -2.13. The number of nitrogens with zero attached hydrogens (tertiary/aromatic N) is 1. The predicted octanol–water partition coefficient (Wildman–Crippen LogP) is 3.30. The molecular weight excluding hydrogens is 340 g/mol. The third-order valence-electron chi connectivity index (χ3n) is 3.99. The SMILES string of the molecule is CCCC(=O)Nc1ccc(CNC(=NC)NCc2cccc(OC)c2)cc1. The Morgan fingerprint density at radius 1 is 1.04 bits per heavy atom. The lowest BCUT2D eigenvalue weighted by atomic mass is 10.2. The summed E-state index contributed by atoms with van der Waals surface area (Å²) in [6.45, 7) is 3.28. The van der Waals surface area contributed by atoms with Crippen LogP contribution in [0.5, 0.6) is 5.75 Å². The summed E-state index contributed by atoms with van der Waals surface area (Å²) in [5, 5.41) is 9.46. The van der Waals surface area contributed by atoms with E-state index in [1.54, 1.807) is 14.2 Å². The molecule has 0 aromatic heterocycles. The molecule has 0 atom stereocenters. The summed E-state index contributed by atoms with van der Waals surface area (Å²) in [6.07, 6.45) is 1.38. The van der Waals surface area contributed by atoms with E-state index < -0.39 is 0 Å². The molecule has 6 heteroatoms. The first kappa shape index (κ1) is 20.3. The van der Waals surface area contributed by atoms with Crippen molar-refractivity contribution in [2.45, 2.75) is 32.9 Å². The van der Waals surface area contributed by atoms with Crippen LogP contribution in [0.3, 0.4) is 0 Å². The van der Waals surface area contributed by atoms with Crippen molar-refractivity contribution < 1.29 is 9.53 Å². The molecule has 27 heavy (non-hydrogen) atoms. The van der Waals surface area contributed by atoms with Crippen LogP contribution >= 0.6 is 0 Å². The Morgan fingerprint density at radius 3 is 2.37 bits per heavy atom. The van der Waals surface area contributed by atoms with Gasteiger partial charge in [-0.05, 0) is 41.8 Å². The summed E-state index contributed by atoms with van der Waals surface area (Å²) in [6, 6.07) is 15.7. The molecule has 1 amide bonds. The summed E-state index contributed by atoms with van der Waals surface area (Å²) in [7, 11) is 3.40. The van der Waals surface area contributed by atoms with Gasteiger partial charge in [-0.1, -0.05) is 31.2 Å². The molecule has 0 heterocycles. The molecule has 0 aliphatic heterocycles. The molecule has 0 aliphatic rings. The molecule has 0 saturated carbocycles. The Morgan fingerprint density at radius 2 is 1.74 bits per heavy atom. The van der Waals surface area contributed by atoms with E-state index in [4.69, 9.17) is 4.74 Å². The van der Waals surface area contributed by atoms with E-state index in [0.717, 1.165) is 34.9 Å². The first-order valence-electron chi connectivity index (χ1n) is 9.10. The van der Waals surface area contributed by atoms with E-state index in [2.05, 4.69) is 20.9 Å². The Labute approximate surface area is 161 Å². The average molecular weight is 368 g/mol. The molecule has 2 aromatic rings. The highest BCUT2D eigenvalue weighted by Crippen LogP contribution is 2.12. The average Bonchev–Trinajstić information content (AvgIpc) is 2.69. The van der Waals surface area contributed by atoms with Crippen molar-refractivity contribution in [2.75, 3.05) is 19.5 Å². The molecule has 2 aromatic carbocycles. The quantitative estimate of drug-likeness (QED) is 0.494. The molecule has 0 radical (unpaired) electrons. The van der Waals surface area contributed by atoms with Gasteiger partial charge in [0.1, 0.15) is 5.75 Å². The number of hydrogen-bond donors (Lipinski definition) is 3. The number of nitrogens with one attached hydrogen (secondary N) is 3. The molecular formula is C21H28N4O2. The highest BCUT2D eigenvalue weighted by Gasteiger charge is 2.03. The Hall–Kier alpha value is -3.02. The highest BCUT2D eigenvalue weighted by molar-refractivity contribution is 5.90. The van der Waals surface area contributed by atoms with Crippen molar-refractivity contribution in [2.24, 2.45) is 4.99 Å². The Balaban J connectivity index is 1.82. The minimum Gasteiger partial charge on any atom is -0.497 e. The van der Waals surface area contributed by atoms with Gasteiger partial charge in [0.15, 0.2) is 5.96 Å². The van der Waals surface area contributed by atoms with Crippen LogP contribution in [0.25, 0.3) is 0 Å². The van der Waals surface area contributed by atoms with Gasteiger partial charge in [-0.15, -0.1) is 0 Å². The number of ether oxygens (including phenoxy) is 1. The topological polar surface area (TPSA) is 74.8 Å². The maximum atomic E-state index is 11.6. The largest absolute Gasteiger partial charge is 0.497 e. The molecule has 0 unspecified atom stereocenters. The van der Waals surface area contributed by atoms with Gasteiger partial charge in [0.05, 0.1) is 7.11 Å². The molecule has 0 fully saturated rings. The van der Waals surface area contributed by atoms with Crippen molar-refractivity contribution in [1.29, 1.82) is 0 Å². The molecule has 0 saturated heterocycles. The van der Waals surface area contributed by atoms with Crippen molar-refractivity contribution in [3.05, 3.63) is 59.7 Å². The molecule has 144 valence electrons. The summed E-state index contributed by atoms with van der Waals surface area (Å²) in [5.74, 6) is 1.60. The molecule has 0 spiro atoms. The normalized spacial score (nSPS) is 11.0. The Kier molecular flexibility index (Phi) is 8.16. The number of rotatable bonds is 8. The summed E-state index contributed by atoms with van der Waals surface area (Å²) in [5.41, 5.74) is 3.04. The Bertz CT molecular complexity index is 757. The van der Waals surface area contributed by atoms with Crippen LogP contribution in [0.4, 0.5) is 5.69 Å². The molecule has 3 N–H and O–H groups in total. The van der Waals surface area contributed by atoms with Crippen LogP contribution in [-0.2, 0) is 17.9 Å². The maximum Gasteiger partial charge on any atom is 0.224 e. The van der Waals surface area contributed by atoms with Crippen LogP contribution in [0.1, 0.15) is 30.9 Å². The standard InChI is InChI=1S/C21H28N4O2/c1-4-6-20(26)25-18-11-9-16(10-12-18)14-23-21(22-2)24-15-17-7-5-8-19(13-17)27-3/h5,7-13H,4,6,14-15H2,1-3H3,(H,25,26)(H2,22,23,24). The second kappa shape index (κ2) is 10.9. The first-order valence-corrected chi connectivity index (χ1v) is 9.10. The smallest absolute Gasteiger partial charge is 0.224 e. The zero-order chi connectivity index (χ0) is 19.5. The highest BCUT2D eigenvalue weighted by atomic mass is 16.5. The van der Waals surface area contributed by atoms with Crippen molar-refractivity contribution in [3.63, 3.8) is 0 Å². The van der Waals surface area contributed by atoms with Crippen molar-refractivity contribution in [1.82, 2.24) is 10.6 Å². The van der Waals surface area contributed by atoms with E-state index in [1.807, 2.05) is 55.5 Å². The monoisotopic (exact) mass is 368 g/mol. The number of methoxy groups -OCH3 is 1. The van der Waals surface area contributed by atoms with Crippen LogP contribution in [0.15, 0.2) is 53.5 Å². The number of benzene rings is 2. The molecule has 6 nitrogen and oxygen atoms in total. The number of anilines is 1. The van der Waals surface area contributed by atoms with Gasteiger partial charge in [0.25, 0.3) is 0 Å². The number of carbonyl (C=O) groups excluding carboxylic acids is 1. The van der Waals surface area contributed by atoms with E-state index in [0.29, 0.717) is 19.5 Å². The van der Waals surface area contributed by atoms with Gasteiger partial charge in [-0.25, -0.2) is 0 Å². The zero-order valence-electron chi connectivity index (χ0n) is 16.2. The summed E-state index contributed by atoms with van der Waals surface area (Å²) in [4.78, 5) is 15.9. The van der Waals surface area contributed by atoms with Crippen molar-refractivity contribution in [3.8, 4) is 5.75 Å². The predicted molar refractivity (Wildman–Crippen MR) is 110 cm³/mol. The second-order valence-corrected chi connectivity index (χ2v) is 6.13.